The molecule has 3 rings (SSSR count). The molecular formula is C16H16N2O4. The molecule has 2 aromatic rings. The number of Topliss-reactive ketones (excluding diaryl/α,β-unsaturated/α-hetero) is 1. The van der Waals surface area contributed by atoms with Crippen molar-refractivity contribution in [2.45, 2.75) is 20.8 Å². The number of aromatic amines is 1. The van der Waals surface area contributed by atoms with E-state index in [1.165, 1.54) is 6.92 Å². The highest BCUT2D eigenvalue weighted by Crippen LogP contribution is 2.34. The Morgan fingerprint density at radius 1 is 1.18 bits per heavy atom. The SMILES string of the molecule is CC(=O)c1c(C)[nH]c(C(=O)Nc2ccc3c(c2)OCO3)c1C. The van der Waals surface area contributed by atoms with Gasteiger partial charge < -0.3 is 19.8 Å². The zero-order valence-corrected chi connectivity index (χ0v) is 12.6. The largest absolute Gasteiger partial charge is 0.454 e. The third kappa shape index (κ3) is 2.32. The lowest BCUT2D eigenvalue weighted by atomic mass is 10.1. The van der Waals surface area contributed by atoms with Gasteiger partial charge in [-0.25, -0.2) is 0 Å². The molecule has 2 heterocycles. The summed E-state index contributed by atoms with van der Waals surface area (Å²) >= 11 is 0. The summed E-state index contributed by atoms with van der Waals surface area (Å²) in [4.78, 5) is 27.0. The standard InChI is InChI=1S/C16H16N2O4/c1-8-14(10(3)19)9(2)17-15(8)16(20)18-11-4-5-12-13(6-11)22-7-21-12/h4-6,17H,7H2,1-3H3,(H,18,20). The van der Waals surface area contributed by atoms with Gasteiger partial charge in [-0.3, -0.25) is 9.59 Å². The van der Waals surface area contributed by atoms with Crippen molar-refractivity contribution in [2.24, 2.45) is 0 Å². The van der Waals surface area contributed by atoms with Crippen LogP contribution in [0.2, 0.25) is 0 Å². The summed E-state index contributed by atoms with van der Waals surface area (Å²) in [7, 11) is 0. The Morgan fingerprint density at radius 2 is 1.91 bits per heavy atom. The lowest BCUT2D eigenvalue weighted by Gasteiger charge is -2.06. The number of amides is 1. The van der Waals surface area contributed by atoms with Gasteiger partial charge in [0, 0.05) is 23.0 Å². The van der Waals surface area contributed by atoms with E-state index in [2.05, 4.69) is 10.3 Å². The molecule has 114 valence electrons. The number of anilines is 1. The van der Waals surface area contributed by atoms with Gasteiger partial charge in [0.05, 0.1) is 0 Å². The number of aryl methyl sites for hydroxylation is 1. The summed E-state index contributed by atoms with van der Waals surface area (Å²) in [6.07, 6.45) is 0. The average molecular weight is 300 g/mol. The predicted molar refractivity (Wildman–Crippen MR) is 80.8 cm³/mol. The average Bonchev–Trinajstić information content (AvgIpc) is 3.02. The van der Waals surface area contributed by atoms with Crippen LogP contribution in [0.4, 0.5) is 5.69 Å². The molecule has 0 radical (unpaired) electrons. The van der Waals surface area contributed by atoms with Gasteiger partial charge in [0.15, 0.2) is 17.3 Å². The molecule has 0 bridgehead atoms. The van der Waals surface area contributed by atoms with Crippen LogP contribution in [-0.2, 0) is 0 Å². The van der Waals surface area contributed by atoms with Crippen molar-refractivity contribution in [1.82, 2.24) is 4.98 Å². The number of carbonyl (C=O) groups excluding carboxylic acids is 2. The van der Waals surface area contributed by atoms with Crippen LogP contribution in [0.5, 0.6) is 11.5 Å². The second-order valence-electron chi connectivity index (χ2n) is 5.20. The second-order valence-corrected chi connectivity index (χ2v) is 5.20. The van der Waals surface area contributed by atoms with Crippen LogP contribution in [0.15, 0.2) is 18.2 Å². The van der Waals surface area contributed by atoms with Crippen LogP contribution >= 0.6 is 0 Å². The van der Waals surface area contributed by atoms with Crippen LogP contribution < -0.4 is 14.8 Å². The highest BCUT2D eigenvalue weighted by Gasteiger charge is 2.20. The molecule has 0 saturated carbocycles. The van der Waals surface area contributed by atoms with Crippen molar-refractivity contribution in [3.63, 3.8) is 0 Å². The third-order valence-electron chi connectivity index (χ3n) is 3.65. The topological polar surface area (TPSA) is 80.4 Å². The molecule has 0 spiro atoms. The Morgan fingerprint density at radius 3 is 2.59 bits per heavy atom. The van der Waals surface area contributed by atoms with Gasteiger partial charge in [0.25, 0.3) is 5.91 Å². The van der Waals surface area contributed by atoms with Gasteiger partial charge in [-0.1, -0.05) is 0 Å². The van der Waals surface area contributed by atoms with E-state index < -0.39 is 0 Å². The van der Waals surface area contributed by atoms with Gasteiger partial charge in [-0.15, -0.1) is 0 Å². The number of carbonyl (C=O) groups is 2. The molecule has 2 N–H and O–H groups in total. The third-order valence-corrected chi connectivity index (χ3v) is 3.65. The molecule has 1 aliphatic rings. The highest BCUT2D eigenvalue weighted by molar-refractivity contribution is 6.07. The summed E-state index contributed by atoms with van der Waals surface area (Å²) in [5.41, 5.74) is 2.91. The highest BCUT2D eigenvalue weighted by atomic mass is 16.7. The van der Waals surface area contributed by atoms with Crippen LogP contribution in [0.1, 0.15) is 39.0 Å². The van der Waals surface area contributed by atoms with Crippen molar-refractivity contribution in [1.29, 1.82) is 0 Å². The number of ketones is 1. The second kappa shape index (κ2) is 5.22. The van der Waals surface area contributed by atoms with Crippen molar-refractivity contribution >= 4 is 17.4 Å². The summed E-state index contributed by atoms with van der Waals surface area (Å²) in [6, 6.07) is 5.19. The molecule has 22 heavy (non-hydrogen) atoms. The van der Waals surface area contributed by atoms with E-state index >= 15 is 0 Å². The number of hydrogen-bond acceptors (Lipinski definition) is 4. The van der Waals surface area contributed by atoms with Crippen molar-refractivity contribution < 1.29 is 19.1 Å². The Labute approximate surface area is 127 Å². The monoisotopic (exact) mass is 300 g/mol. The summed E-state index contributed by atoms with van der Waals surface area (Å²) in [5, 5.41) is 2.79. The van der Waals surface area contributed by atoms with Crippen molar-refractivity contribution in [2.75, 3.05) is 12.1 Å². The van der Waals surface area contributed by atoms with Gasteiger partial charge in [0.1, 0.15) is 5.69 Å². The van der Waals surface area contributed by atoms with Crippen molar-refractivity contribution in [3.8, 4) is 11.5 Å². The first-order valence-electron chi connectivity index (χ1n) is 6.88. The first kappa shape index (κ1) is 14.2. The molecule has 0 atom stereocenters. The Balaban J connectivity index is 1.86. The van der Waals surface area contributed by atoms with Crippen LogP contribution in [0, 0.1) is 13.8 Å². The molecule has 1 amide bonds. The molecular weight excluding hydrogens is 284 g/mol. The summed E-state index contributed by atoms with van der Waals surface area (Å²) in [5.74, 6) is 0.894. The number of rotatable bonds is 3. The maximum atomic E-state index is 12.4. The number of nitrogens with one attached hydrogen (secondary N) is 2. The van der Waals surface area contributed by atoms with E-state index in [0.717, 1.165) is 0 Å². The van der Waals surface area contributed by atoms with Gasteiger partial charge >= 0.3 is 0 Å². The molecule has 0 unspecified atom stereocenters. The molecule has 1 aromatic heterocycles. The van der Waals surface area contributed by atoms with Crippen LogP contribution in [0.25, 0.3) is 0 Å². The summed E-state index contributed by atoms with van der Waals surface area (Å²) < 4.78 is 10.5. The van der Waals surface area contributed by atoms with Gasteiger partial charge in [-0.2, -0.15) is 0 Å². The van der Waals surface area contributed by atoms with E-state index in [4.69, 9.17) is 9.47 Å². The fourth-order valence-corrected chi connectivity index (χ4v) is 2.67. The molecule has 6 nitrogen and oxygen atoms in total. The minimum Gasteiger partial charge on any atom is -0.454 e. The molecule has 1 aliphatic heterocycles. The first-order chi connectivity index (χ1) is 10.5. The zero-order chi connectivity index (χ0) is 15.9. The Hall–Kier alpha value is -2.76. The number of ether oxygens (including phenoxy) is 2. The van der Waals surface area contributed by atoms with E-state index in [0.29, 0.717) is 39.7 Å². The maximum Gasteiger partial charge on any atom is 0.272 e. The number of benzene rings is 1. The quantitative estimate of drug-likeness (QED) is 0.854. The minimum absolute atomic E-state index is 0.0617. The molecule has 1 aromatic carbocycles. The summed E-state index contributed by atoms with van der Waals surface area (Å²) in [6.45, 7) is 5.21. The molecule has 0 fully saturated rings. The normalized spacial score (nSPS) is 12.3. The number of aromatic nitrogens is 1. The predicted octanol–water partition coefficient (Wildman–Crippen LogP) is 2.82. The van der Waals surface area contributed by atoms with Gasteiger partial charge in [-0.05, 0) is 38.5 Å². The number of H-pyrrole nitrogens is 1. The lowest BCUT2D eigenvalue weighted by Crippen LogP contribution is -2.13. The Kier molecular flexibility index (Phi) is 3.36. The number of fused-ring (bicyclic) bond motifs is 1. The van der Waals surface area contributed by atoms with E-state index in [-0.39, 0.29) is 18.5 Å². The van der Waals surface area contributed by atoms with Crippen molar-refractivity contribution in [3.05, 3.63) is 40.7 Å². The van der Waals surface area contributed by atoms with Gasteiger partial charge in [0.2, 0.25) is 6.79 Å². The fourth-order valence-electron chi connectivity index (χ4n) is 2.67. The molecule has 0 saturated heterocycles. The smallest absolute Gasteiger partial charge is 0.272 e. The van der Waals surface area contributed by atoms with E-state index in [1.807, 2.05) is 0 Å². The molecule has 0 aliphatic carbocycles. The maximum absolute atomic E-state index is 12.4. The fraction of sp³-hybridized carbons (Fsp3) is 0.250. The zero-order valence-electron chi connectivity index (χ0n) is 12.6. The van der Waals surface area contributed by atoms with E-state index in [1.54, 1.807) is 32.0 Å². The Bertz CT molecular complexity index is 777. The lowest BCUT2D eigenvalue weighted by molar-refractivity contribution is 0.101. The van der Waals surface area contributed by atoms with Crippen LogP contribution in [-0.4, -0.2) is 23.5 Å². The molecule has 6 heteroatoms. The van der Waals surface area contributed by atoms with E-state index in [9.17, 15) is 9.59 Å². The minimum atomic E-state index is -0.299. The number of hydrogen-bond donors (Lipinski definition) is 2. The first-order valence-corrected chi connectivity index (χ1v) is 6.88. The van der Waals surface area contributed by atoms with Crippen LogP contribution in [0.3, 0.4) is 0 Å².